The third-order valence-electron chi connectivity index (χ3n) is 6.15. The summed E-state index contributed by atoms with van der Waals surface area (Å²) in [7, 11) is 0. The maximum Gasteiger partial charge on any atom is 0.266 e. The van der Waals surface area contributed by atoms with Crippen molar-refractivity contribution in [2.45, 2.75) is 13.5 Å². The molecule has 170 valence electrons. The number of aromatic nitrogens is 1. The number of aryl methyl sites for hydroxylation is 1. The number of hydrogen-bond acceptors (Lipinski definition) is 2. The van der Waals surface area contributed by atoms with Crippen LogP contribution in [-0.4, -0.2) is 10.5 Å². The quantitative estimate of drug-likeness (QED) is 0.213. The van der Waals surface area contributed by atoms with Crippen LogP contribution in [0.25, 0.3) is 27.8 Å². The van der Waals surface area contributed by atoms with Crippen LogP contribution in [0.4, 0.5) is 5.69 Å². The summed E-state index contributed by atoms with van der Waals surface area (Å²) in [6.07, 6.45) is 3.65. The van der Waals surface area contributed by atoms with E-state index in [1.165, 1.54) is 16.3 Å². The molecule has 35 heavy (non-hydrogen) atoms. The molecule has 5 rings (SSSR count). The summed E-state index contributed by atoms with van der Waals surface area (Å²) in [5.41, 5.74) is 4.53. The molecule has 0 aliphatic rings. The molecule has 0 radical (unpaired) electrons. The second-order valence-electron chi connectivity index (χ2n) is 8.45. The van der Waals surface area contributed by atoms with E-state index >= 15 is 0 Å². The standard InChI is InChI=1S/C30H22ClN3O/c1-20-13-14-25(31)16-28(20)33-30(35)23(17-32)15-24-19-34(29-12-5-4-11-27(24)29)18-22-9-6-8-21-7-2-3-10-26(21)22/h2-16,19H,18H2,1H3,(H,33,35)/b23-15+. The van der Waals surface area contributed by atoms with E-state index < -0.39 is 5.91 Å². The number of amides is 1. The first-order chi connectivity index (χ1) is 17.0. The minimum atomic E-state index is -0.469. The minimum absolute atomic E-state index is 0.0254. The highest BCUT2D eigenvalue weighted by Gasteiger charge is 2.14. The molecule has 4 aromatic carbocycles. The van der Waals surface area contributed by atoms with Crippen LogP contribution in [0.15, 0.2) is 96.7 Å². The van der Waals surface area contributed by atoms with E-state index in [1.807, 2.05) is 49.5 Å². The molecule has 5 aromatic rings. The maximum atomic E-state index is 12.9. The van der Waals surface area contributed by atoms with Crippen LogP contribution in [0.1, 0.15) is 16.7 Å². The van der Waals surface area contributed by atoms with Crippen LogP contribution < -0.4 is 5.32 Å². The summed E-state index contributed by atoms with van der Waals surface area (Å²) in [5.74, 6) is -0.469. The summed E-state index contributed by atoms with van der Waals surface area (Å²) in [5, 5.41) is 16.5. The van der Waals surface area contributed by atoms with Gasteiger partial charge in [0.1, 0.15) is 11.6 Å². The molecule has 0 bridgehead atoms. The summed E-state index contributed by atoms with van der Waals surface area (Å²) in [6.45, 7) is 2.55. The molecule has 1 aromatic heterocycles. The van der Waals surface area contributed by atoms with Gasteiger partial charge in [0, 0.05) is 39.9 Å². The second-order valence-corrected chi connectivity index (χ2v) is 8.89. The predicted octanol–water partition coefficient (Wildman–Crippen LogP) is 7.35. The van der Waals surface area contributed by atoms with Gasteiger partial charge in [-0.05, 0) is 53.1 Å². The van der Waals surface area contributed by atoms with Crippen molar-refractivity contribution in [2.75, 3.05) is 5.32 Å². The lowest BCUT2D eigenvalue weighted by atomic mass is 10.0. The zero-order valence-corrected chi connectivity index (χ0v) is 19.9. The average molecular weight is 476 g/mol. The van der Waals surface area contributed by atoms with E-state index in [0.717, 1.165) is 22.0 Å². The van der Waals surface area contributed by atoms with Crippen molar-refractivity contribution in [1.29, 1.82) is 5.26 Å². The molecule has 0 aliphatic carbocycles. The van der Waals surface area contributed by atoms with Gasteiger partial charge < -0.3 is 9.88 Å². The minimum Gasteiger partial charge on any atom is -0.342 e. The van der Waals surface area contributed by atoms with E-state index in [1.54, 1.807) is 18.2 Å². The topological polar surface area (TPSA) is 57.8 Å². The molecule has 0 saturated heterocycles. The molecule has 0 fully saturated rings. The fraction of sp³-hybridized carbons (Fsp3) is 0.0667. The number of nitriles is 1. The Hall–Kier alpha value is -4.33. The Morgan fingerprint density at radius 1 is 1.00 bits per heavy atom. The van der Waals surface area contributed by atoms with Crippen molar-refractivity contribution in [2.24, 2.45) is 0 Å². The number of rotatable bonds is 5. The van der Waals surface area contributed by atoms with Crippen LogP contribution in [0.3, 0.4) is 0 Å². The molecular weight excluding hydrogens is 454 g/mol. The third-order valence-corrected chi connectivity index (χ3v) is 6.39. The number of nitrogens with zero attached hydrogens (tertiary/aromatic N) is 2. The van der Waals surface area contributed by atoms with Gasteiger partial charge in [-0.1, -0.05) is 78.3 Å². The van der Waals surface area contributed by atoms with Crippen molar-refractivity contribution >= 4 is 50.9 Å². The van der Waals surface area contributed by atoms with Crippen molar-refractivity contribution in [3.63, 3.8) is 0 Å². The number of hydrogen-bond donors (Lipinski definition) is 1. The molecule has 0 unspecified atom stereocenters. The van der Waals surface area contributed by atoms with Crippen molar-refractivity contribution in [3.8, 4) is 6.07 Å². The zero-order chi connectivity index (χ0) is 24.4. The van der Waals surface area contributed by atoms with E-state index in [4.69, 9.17) is 11.6 Å². The second kappa shape index (κ2) is 9.50. The fourth-order valence-corrected chi connectivity index (χ4v) is 4.53. The number of para-hydroxylation sites is 1. The molecule has 1 N–H and O–H groups in total. The number of carbonyl (C=O) groups excluding carboxylic acids is 1. The Kier molecular flexibility index (Phi) is 6.10. The van der Waals surface area contributed by atoms with E-state index in [-0.39, 0.29) is 5.57 Å². The Bertz CT molecular complexity index is 1650. The first-order valence-electron chi connectivity index (χ1n) is 11.3. The van der Waals surface area contributed by atoms with Gasteiger partial charge in [-0.3, -0.25) is 4.79 Å². The lowest BCUT2D eigenvalue weighted by Crippen LogP contribution is -2.14. The first-order valence-corrected chi connectivity index (χ1v) is 11.6. The molecule has 1 heterocycles. The van der Waals surface area contributed by atoms with Crippen LogP contribution in [0.5, 0.6) is 0 Å². The van der Waals surface area contributed by atoms with Crippen LogP contribution in [-0.2, 0) is 11.3 Å². The third kappa shape index (κ3) is 4.55. The lowest BCUT2D eigenvalue weighted by Gasteiger charge is -2.09. The van der Waals surface area contributed by atoms with Gasteiger partial charge in [0.15, 0.2) is 0 Å². The van der Waals surface area contributed by atoms with Gasteiger partial charge >= 0.3 is 0 Å². The summed E-state index contributed by atoms with van der Waals surface area (Å²) in [4.78, 5) is 12.9. The Morgan fingerprint density at radius 2 is 1.74 bits per heavy atom. The summed E-state index contributed by atoms with van der Waals surface area (Å²) in [6, 6.07) is 30.0. The van der Waals surface area contributed by atoms with Crippen LogP contribution in [0.2, 0.25) is 5.02 Å². The van der Waals surface area contributed by atoms with Crippen molar-refractivity contribution in [1.82, 2.24) is 4.57 Å². The molecular formula is C30H22ClN3O. The number of nitrogens with one attached hydrogen (secondary N) is 1. The SMILES string of the molecule is Cc1ccc(Cl)cc1NC(=O)/C(C#N)=C/c1cn(Cc2cccc3ccccc23)c2ccccc12. The van der Waals surface area contributed by atoms with Gasteiger partial charge in [0.05, 0.1) is 0 Å². The van der Waals surface area contributed by atoms with Gasteiger partial charge in [-0.25, -0.2) is 0 Å². The normalized spacial score (nSPS) is 11.5. The van der Waals surface area contributed by atoms with Gasteiger partial charge in [-0.15, -0.1) is 0 Å². The molecule has 5 heteroatoms. The summed E-state index contributed by atoms with van der Waals surface area (Å²) >= 11 is 6.08. The highest BCUT2D eigenvalue weighted by atomic mass is 35.5. The molecule has 0 aliphatic heterocycles. The molecule has 0 saturated carbocycles. The molecule has 1 amide bonds. The Labute approximate surface area is 208 Å². The highest BCUT2D eigenvalue weighted by molar-refractivity contribution is 6.31. The van der Waals surface area contributed by atoms with E-state index in [9.17, 15) is 10.1 Å². The van der Waals surface area contributed by atoms with Gasteiger partial charge in [0.25, 0.3) is 5.91 Å². The fourth-order valence-electron chi connectivity index (χ4n) is 4.36. The van der Waals surface area contributed by atoms with E-state index in [0.29, 0.717) is 17.3 Å². The van der Waals surface area contributed by atoms with Gasteiger partial charge in [0.2, 0.25) is 0 Å². The average Bonchev–Trinajstić information content (AvgIpc) is 3.22. The van der Waals surface area contributed by atoms with Crippen molar-refractivity contribution in [3.05, 3.63) is 118 Å². The first kappa shape index (κ1) is 22.5. The largest absolute Gasteiger partial charge is 0.342 e. The molecule has 0 atom stereocenters. The highest BCUT2D eigenvalue weighted by Crippen LogP contribution is 2.27. The van der Waals surface area contributed by atoms with Crippen LogP contribution >= 0.6 is 11.6 Å². The lowest BCUT2D eigenvalue weighted by molar-refractivity contribution is -0.112. The number of anilines is 1. The molecule has 0 spiro atoms. The predicted molar refractivity (Wildman–Crippen MR) is 143 cm³/mol. The van der Waals surface area contributed by atoms with Crippen molar-refractivity contribution < 1.29 is 4.79 Å². The number of benzene rings is 4. The number of halogens is 1. The zero-order valence-electron chi connectivity index (χ0n) is 19.1. The monoisotopic (exact) mass is 475 g/mol. The number of carbonyl (C=O) groups is 1. The maximum absolute atomic E-state index is 12.9. The Balaban J connectivity index is 1.52. The van der Waals surface area contributed by atoms with Crippen LogP contribution in [0, 0.1) is 18.3 Å². The summed E-state index contributed by atoms with van der Waals surface area (Å²) < 4.78 is 2.16. The molecule has 4 nitrogen and oxygen atoms in total. The smallest absolute Gasteiger partial charge is 0.266 e. The number of fused-ring (bicyclic) bond motifs is 2. The Morgan fingerprint density at radius 3 is 2.57 bits per heavy atom. The van der Waals surface area contributed by atoms with E-state index in [2.05, 4.69) is 52.4 Å². The van der Waals surface area contributed by atoms with Gasteiger partial charge in [-0.2, -0.15) is 5.26 Å².